The second kappa shape index (κ2) is 8.43. The Balaban J connectivity index is 1.45. The lowest BCUT2D eigenvalue weighted by Crippen LogP contribution is -2.37. The van der Waals surface area contributed by atoms with E-state index in [4.69, 9.17) is 10.1 Å². The minimum atomic E-state index is -1.14. The molecule has 2 aliphatic carbocycles. The van der Waals surface area contributed by atoms with Gasteiger partial charge in [0.15, 0.2) is 5.82 Å². The van der Waals surface area contributed by atoms with E-state index in [0.717, 1.165) is 29.8 Å². The summed E-state index contributed by atoms with van der Waals surface area (Å²) >= 11 is 0. The van der Waals surface area contributed by atoms with Crippen LogP contribution in [0.2, 0.25) is 0 Å². The summed E-state index contributed by atoms with van der Waals surface area (Å²) in [5.41, 5.74) is 3.20. The summed E-state index contributed by atoms with van der Waals surface area (Å²) in [6.45, 7) is 3.92. The van der Waals surface area contributed by atoms with Gasteiger partial charge in [0.2, 0.25) is 0 Å². The van der Waals surface area contributed by atoms with Crippen molar-refractivity contribution in [3.05, 3.63) is 89.3 Å². The van der Waals surface area contributed by atoms with Crippen LogP contribution in [-0.4, -0.2) is 42.0 Å². The number of aliphatic hydroxyl groups excluding tert-OH is 2. The molecule has 3 atom stereocenters. The van der Waals surface area contributed by atoms with Gasteiger partial charge in [-0.2, -0.15) is 5.10 Å². The van der Waals surface area contributed by atoms with Crippen LogP contribution in [0.5, 0.6) is 0 Å². The van der Waals surface area contributed by atoms with Gasteiger partial charge in [0, 0.05) is 18.0 Å². The van der Waals surface area contributed by atoms with Gasteiger partial charge in [-0.1, -0.05) is 26.0 Å². The van der Waals surface area contributed by atoms with Crippen molar-refractivity contribution in [2.24, 2.45) is 5.41 Å². The van der Waals surface area contributed by atoms with E-state index in [1.54, 1.807) is 18.5 Å². The topological polar surface area (TPSA) is 105 Å². The van der Waals surface area contributed by atoms with Crippen LogP contribution in [0.3, 0.4) is 0 Å². The molecular formula is C28H25F2N5O2. The van der Waals surface area contributed by atoms with E-state index in [-0.39, 0.29) is 28.4 Å². The number of fused-ring (bicyclic) bond motifs is 5. The minimum Gasteiger partial charge on any atom is -0.393 e. The third kappa shape index (κ3) is 3.34. The minimum absolute atomic E-state index is 0.139. The largest absolute Gasteiger partial charge is 0.393 e. The molecule has 2 aliphatic rings. The van der Waals surface area contributed by atoms with Gasteiger partial charge in [-0.05, 0) is 60.1 Å². The van der Waals surface area contributed by atoms with Crippen molar-refractivity contribution in [1.82, 2.24) is 25.1 Å². The Morgan fingerprint density at radius 2 is 1.70 bits per heavy atom. The molecule has 1 fully saturated rings. The third-order valence-corrected chi connectivity index (χ3v) is 8.23. The normalized spacial score (nSPS) is 22.2. The predicted octanol–water partition coefficient (Wildman–Crippen LogP) is 4.50. The highest BCUT2D eigenvalue weighted by Gasteiger charge is 2.65. The van der Waals surface area contributed by atoms with Gasteiger partial charge >= 0.3 is 0 Å². The van der Waals surface area contributed by atoms with E-state index < -0.39 is 29.8 Å². The molecule has 7 nitrogen and oxygen atoms in total. The van der Waals surface area contributed by atoms with Gasteiger partial charge in [0.05, 0.1) is 40.4 Å². The first-order valence-electron chi connectivity index (χ1n) is 12.2. The van der Waals surface area contributed by atoms with Crippen LogP contribution in [-0.2, 0) is 5.41 Å². The molecule has 1 saturated carbocycles. The van der Waals surface area contributed by atoms with Crippen molar-refractivity contribution in [2.45, 2.75) is 44.1 Å². The van der Waals surface area contributed by atoms with Crippen molar-refractivity contribution >= 4 is 0 Å². The number of hydrogen-bond acceptors (Lipinski definition) is 7. The highest BCUT2D eigenvalue weighted by molar-refractivity contribution is 5.65. The molecule has 2 N–H and O–H groups in total. The SMILES string of the molecule is CC1(C)[C@H]2CC[C@]1(c1cccc(-c3cnc([C@H](O)CO)nc3)n1)c1nnc(-c3c(F)cccc3F)cc12. The quantitative estimate of drug-likeness (QED) is 0.415. The van der Waals surface area contributed by atoms with Crippen LogP contribution in [0.25, 0.3) is 22.5 Å². The lowest BCUT2D eigenvalue weighted by Gasteiger charge is -2.37. The lowest BCUT2D eigenvalue weighted by molar-refractivity contribution is 0.0886. The average molecular weight is 502 g/mol. The number of benzene rings is 1. The molecule has 0 unspecified atom stereocenters. The number of hydrogen-bond donors (Lipinski definition) is 2. The smallest absolute Gasteiger partial charge is 0.159 e. The average Bonchev–Trinajstić information content (AvgIpc) is 3.29. The van der Waals surface area contributed by atoms with Gasteiger partial charge < -0.3 is 10.2 Å². The molecule has 188 valence electrons. The van der Waals surface area contributed by atoms with E-state index >= 15 is 0 Å². The maximum absolute atomic E-state index is 14.5. The molecule has 3 aromatic heterocycles. The zero-order valence-electron chi connectivity index (χ0n) is 20.4. The predicted molar refractivity (Wildman–Crippen MR) is 131 cm³/mol. The van der Waals surface area contributed by atoms with Crippen molar-refractivity contribution in [3.63, 3.8) is 0 Å². The van der Waals surface area contributed by atoms with Crippen molar-refractivity contribution in [2.75, 3.05) is 6.61 Å². The zero-order chi connectivity index (χ0) is 25.9. The van der Waals surface area contributed by atoms with E-state index in [1.165, 1.54) is 18.2 Å². The van der Waals surface area contributed by atoms with Crippen LogP contribution < -0.4 is 0 Å². The zero-order valence-corrected chi connectivity index (χ0v) is 20.4. The summed E-state index contributed by atoms with van der Waals surface area (Å²) in [6.07, 6.45) is 3.73. The summed E-state index contributed by atoms with van der Waals surface area (Å²) in [6, 6.07) is 11.4. The molecule has 0 amide bonds. The maximum Gasteiger partial charge on any atom is 0.159 e. The Hall–Kier alpha value is -3.69. The fourth-order valence-electron chi connectivity index (χ4n) is 6.31. The number of nitrogens with zero attached hydrogens (tertiary/aromatic N) is 5. The van der Waals surface area contributed by atoms with Gasteiger partial charge in [-0.25, -0.2) is 18.7 Å². The highest BCUT2D eigenvalue weighted by Crippen LogP contribution is 2.69. The van der Waals surface area contributed by atoms with Crippen LogP contribution in [0.4, 0.5) is 8.78 Å². The lowest BCUT2D eigenvalue weighted by atomic mass is 9.66. The molecule has 9 heteroatoms. The van der Waals surface area contributed by atoms with Crippen LogP contribution in [0.15, 0.2) is 54.9 Å². The van der Waals surface area contributed by atoms with Crippen molar-refractivity contribution in [3.8, 4) is 22.5 Å². The first-order chi connectivity index (χ1) is 17.8. The molecule has 0 radical (unpaired) electrons. The number of halogens is 2. The molecule has 37 heavy (non-hydrogen) atoms. The first kappa shape index (κ1) is 23.7. The Labute approximate surface area is 212 Å². The molecule has 3 heterocycles. The number of rotatable bonds is 5. The number of aliphatic hydroxyl groups is 2. The molecule has 0 spiro atoms. The van der Waals surface area contributed by atoms with Crippen LogP contribution >= 0.6 is 0 Å². The Morgan fingerprint density at radius 1 is 1.00 bits per heavy atom. The molecule has 1 aromatic carbocycles. The van der Waals surface area contributed by atoms with Gasteiger partial charge in [0.1, 0.15) is 17.7 Å². The van der Waals surface area contributed by atoms with E-state index in [2.05, 4.69) is 34.0 Å². The Bertz CT molecular complexity index is 1490. The second-order valence-corrected chi connectivity index (χ2v) is 10.3. The first-order valence-corrected chi connectivity index (χ1v) is 12.2. The molecule has 6 rings (SSSR count). The summed E-state index contributed by atoms with van der Waals surface area (Å²) in [7, 11) is 0. The van der Waals surface area contributed by atoms with Crippen molar-refractivity contribution < 1.29 is 19.0 Å². The number of pyridine rings is 1. The molecule has 0 saturated heterocycles. The van der Waals surface area contributed by atoms with E-state index in [9.17, 15) is 13.9 Å². The second-order valence-electron chi connectivity index (χ2n) is 10.3. The highest BCUT2D eigenvalue weighted by atomic mass is 19.1. The summed E-state index contributed by atoms with van der Waals surface area (Å²) in [5, 5.41) is 27.8. The van der Waals surface area contributed by atoms with E-state index in [0.29, 0.717) is 11.3 Å². The monoisotopic (exact) mass is 501 g/mol. The summed E-state index contributed by atoms with van der Waals surface area (Å²) in [4.78, 5) is 13.4. The fourth-order valence-corrected chi connectivity index (χ4v) is 6.31. The van der Waals surface area contributed by atoms with Crippen molar-refractivity contribution in [1.29, 1.82) is 0 Å². The van der Waals surface area contributed by atoms with Crippen LogP contribution in [0, 0.1) is 17.0 Å². The van der Waals surface area contributed by atoms with Gasteiger partial charge in [-0.15, -0.1) is 5.10 Å². The van der Waals surface area contributed by atoms with Gasteiger partial charge in [0.25, 0.3) is 0 Å². The molecule has 4 aromatic rings. The standard InChI is InChI=1S/C28H25F2N5O2/c1-27(2)17-9-10-28(27,25-16(17)11-21(34-35-25)24-18(29)5-3-6-19(24)30)23-8-4-7-20(33-23)15-12-31-26(32-13-15)22(37)14-36/h3-8,11-13,17,22,36-37H,9-10,14H2,1-2H3/t17-,22+,28-/m0/s1. The van der Waals surface area contributed by atoms with E-state index in [1.807, 2.05) is 18.2 Å². The van der Waals surface area contributed by atoms with Gasteiger partial charge in [-0.3, -0.25) is 4.98 Å². The molecule has 2 bridgehead atoms. The summed E-state index contributed by atoms with van der Waals surface area (Å²) < 4.78 is 29.0. The Morgan fingerprint density at radius 3 is 2.41 bits per heavy atom. The fraction of sp³-hybridized carbons (Fsp3) is 0.321. The molecule has 0 aliphatic heterocycles. The number of aromatic nitrogens is 5. The van der Waals surface area contributed by atoms with Crippen LogP contribution in [0.1, 0.15) is 61.5 Å². The third-order valence-electron chi connectivity index (χ3n) is 8.23. The molecular weight excluding hydrogens is 476 g/mol. The summed E-state index contributed by atoms with van der Waals surface area (Å²) in [5.74, 6) is -1.05. The Kier molecular flexibility index (Phi) is 5.40. The maximum atomic E-state index is 14.5.